The minimum absolute atomic E-state index is 0. The Morgan fingerprint density at radius 3 is 2.56 bits per heavy atom. The maximum Gasteiger partial charge on any atom is 0.269 e. The summed E-state index contributed by atoms with van der Waals surface area (Å²) in [6.07, 6.45) is 1.74. The highest BCUT2D eigenvalue weighted by molar-refractivity contribution is 5.85. The number of non-ortho nitro benzene ring substituents is 1. The maximum atomic E-state index is 10.9. The number of nitro groups is 1. The number of hydrogen-bond donors (Lipinski definition) is 0. The Hall–Kier alpha value is -2.31. The summed E-state index contributed by atoms with van der Waals surface area (Å²) >= 11 is 0. The molecule has 0 aliphatic carbocycles. The van der Waals surface area contributed by atoms with Crippen molar-refractivity contribution >= 4 is 18.1 Å². The van der Waals surface area contributed by atoms with Crippen LogP contribution in [0, 0.1) is 10.1 Å². The molecule has 0 saturated carbocycles. The van der Waals surface area contributed by atoms with E-state index in [1.807, 2.05) is 6.07 Å². The number of rotatable bonds is 6. The number of nitro benzene ring substituents is 1. The Labute approximate surface area is 165 Å². The normalized spacial score (nSPS) is 16.2. The van der Waals surface area contributed by atoms with Gasteiger partial charge in [-0.05, 0) is 48.6 Å². The predicted octanol–water partition coefficient (Wildman–Crippen LogP) is 4.20. The van der Waals surface area contributed by atoms with E-state index in [0.29, 0.717) is 0 Å². The zero-order valence-corrected chi connectivity index (χ0v) is 16.6. The lowest BCUT2D eigenvalue weighted by Gasteiger charge is -2.35. The van der Waals surface area contributed by atoms with Crippen LogP contribution in [0.2, 0.25) is 0 Å². The highest BCUT2D eigenvalue weighted by Gasteiger charge is 2.25. The van der Waals surface area contributed by atoms with Crippen molar-refractivity contribution in [3.63, 3.8) is 0 Å². The van der Waals surface area contributed by atoms with Crippen molar-refractivity contribution in [1.82, 2.24) is 4.90 Å². The molecule has 146 valence electrons. The molecule has 0 N–H and O–H groups in total. The zero-order chi connectivity index (χ0) is 18.7. The van der Waals surface area contributed by atoms with Gasteiger partial charge in [0.25, 0.3) is 5.69 Å². The molecule has 0 saturated heterocycles. The van der Waals surface area contributed by atoms with Gasteiger partial charge >= 0.3 is 0 Å². The van der Waals surface area contributed by atoms with Crippen LogP contribution < -0.4 is 9.47 Å². The van der Waals surface area contributed by atoms with Crippen LogP contribution in [-0.2, 0) is 12.8 Å². The summed E-state index contributed by atoms with van der Waals surface area (Å²) < 4.78 is 10.8. The standard InChI is InChI=1S/C20H24N2O4.ClH/c1-14-18-13-20(26-3)19(25-2)12-16(18)8-10-21(14)9-7-15-5-4-6-17(11-15)22(23)24;/h4-6,11-14H,7-10H2,1-3H3;1H. The van der Waals surface area contributed by atoms with Crippen LogP contribution in [0.3, 0.4) is 0 Å². The second-order valence-electron chi connectivity index (χ2n) is 6.54. The van der Waals surface area contributed by atoms with Crippen molar-refractivity contribution < 1.29 is 14.4 Å². The number of nitrogens with zero attached hydrogens (tertiary/aromatic N) is 2. The van der Waals surface area contributed by atoms with Gasteiger partial charge in [-0.25, -0.2) is 0 Å². The first-order chi connectivity index (χ1) is 12.5. The van der Waals surface area contributed by atoms with Crippen LogP contribution in [0.25, 0.3) is 0 Å². The Morgan fingerprint density at radius 1 is 1.19 bits per heavy atom. The molecule has 0 fully saturated rings. The highest BCUT2D eigenvalue weighted by atomic mass is 35.5. The Balaban J connectivity index is 0.00000261. The molecule has 27 heavy (non-hydrogen) atoms. The first-order valence-corrected chi connectivity index (χ1v) is 8.75. The minimum Gasteiger partial charge on any atom is -0.493 e. The zero-order valence-electron chi connectivity index (χ0n) is 15.8. The van der Waals surface area contributed by atoms with Crippen molar-refractivity contribution in [1.29, 1.82) is 0 Å². The van der Waals surface area contributed by atoms with E-state index in [9.17, 15) is 10.1 Å². The summed E-state index contributed by atoms with van der Waals surface area (Å²) in [6.45, 7) is 4.01. The fourth-order valence-corrected chi connectivity index (χ4v) is 3.60. The molecule has 2 aromatic carbocycles. The monoisotopic (exact) mass is 392 g/mol. The first-order valence-electron chi connectivity index (χ1n) is 8.75. The van der Waals surface area contributed by atoms with Crippen LogP contribution in [0.4, 0.5) is 5.69 Å². The van der Waals surface area contributed by atoms with E-state index in [2.05, 4.69) is 24.0 Å². The van der Waals surface area contributed by atoms with Crippen molar-refractivity contribution in [2.75, 3.05) is 27.3 Å². The fraction of sp³-hybridized carbons (Fsp3) is 0.400. The summed E-state index contributed by atoms with van der Waals surface area (Å²) in [5.41, 5.74) is 3.69. The third-order valence-corrected chi connectivity index (χ3v) is 5.12. The molecule has 0 bridgehead atoms. The van der Waals surface area contributed by atoms with Gasteiger partial charge < -0.3 is 9.47 Å². The molecule has 0 aromatic heterocycles. The number of halogens is 1. The van der Waals surface area contributed by atoms with E-state index in [1.54, 1.807) is 26.4 Å². The summed E-state index contributed by atoms with van der Waals surface area (Å²) in [4.78, 5) is 13.0. The van der Waals surface area contributed by atoms with Gasteiger partial charge in [0, 0.05) is 31.3 Å². The molecule has 1 unspecified atom stereocenters. The number of fused-ring (bicyclic) bond motifs is 1. The van der Waals surface area contributed by atoms with Gasteiger partial charge in [-0.2, -0.15) is 0 Å². The average Bonchev–Trinajstić information content (AvgIpc) is 2.66. The van der Waals surface area contributed by atoms with Crippen molar-refractivity contribution in [2.45, 2.75) is 25.8 Å². The van der Waals surface area contributed by atoms with Crippen LogP contribution in [0.15, 0.2) is 36.4 Å². The van der Waals surface area contributed by atoms with Crippen LogP contribution in [0.1, 0.15) is 29.7 Å². The number of methoxy groups -OCH3 is 2. The van der Waals surface area contributed by atoms with E-state index >= 15 is 0 Å². The molecule has 7 heteroatoms. The SMILES string of the molecule is COc1cc2c(cc1OC)C(C)N(CCc1cccc([N+](=O)[O-])c1)CC2.Cl. The topological polar surface area (TPSA) is 64.8 Å². The van der Waals surface area contributed by atoms with E-state index in [0.717, 1.165) is 43.0 Å². The number of hydrogen-bond acceptors (Lipinski definition) is 5. The van der Waals surface area contributed by atoms with Crippen LogP contribution >= 0.6 is 12.4 Å². The van der Waals surface area contributed by atoms with Gasteiger partial charge in [0.15, 0.2) is 11.5 Å². The van der Waals surface area contributed by atoms with Gasteiger partial charge in [0.05, 0.1) is 19.1 Å². The van der Waals surface area contributed by atoms with E-state index in [4.69, 9.17) is 9.47 Å². The third-order valence-electron chi connectivity index (χ3n) is 5.12. The maximum absolute atomic E-state index is 10.9. The Kier molecular flexibility index (Phi) is 7.05. The molecule has 0 radical (unpaired) electrons. The van der Waals surface area contributed by atoms with Gasteiger partial charge in [-0.1, -0.05) is 12.1 Å². The molecular formula is C20H25ClN2O4. The lowest BCUT2D eigenvalue weighted by Crippen LogP contribution is -2.35. The van der Waals surface area contributed by atoms with Gasteiger partial charge in [0.1, 0.15) is 0 Å². The molecular weight excluding hydrogens is 368 g/mol. The van der Waals surface area contributed by atoms with E-state index in [-0.39, 0.29) is 29.1 Å². The van der Waals surface area contributed by atoms with Gasteiger partial charge in [-0.15, -0.1) is 12.4 Å². The number of ether oxygens (including phenoxy) is 2. The minimum atomic E-state index is -0.344. The molecule has 2 aromatic rings. The molecule has 1 heterocycles. The molecule has 1 atom stereocenters. The molecule has 6 nitrogen and oxygen atoms in total. The molecule has 1 aliphatic rings. The Bertz CT molecular complexity index is 813. The van der Waals surface area contributed by atoms with Gasteiger partial charge in [-0.3, -0.25) is 15.0 Å². The number of benzene rings is 2. The average molecular weight is 393 g/mol. The highest BCUT2D eigenvalue weighted by Crippen LogP contribution is 2.37. The molecule has 0 spiro atoms. The third kappa shape index (κ3) is 4.51. The second-order valence-corrected chi connectivity index (χ2v) is 6.54. The molecule has 3 rings (SSSR count). The second kappa shape index (κ2) is 9.06. The fourth-order valence-electron chi connectivity index (χ4n) is 3.60. The van der Waals surface area contributed by atoms with Gasteiger partial charge in [0.2, 0.25) is 0 Å². The smallest absolute Gasteiger partial charge is 0.269 e. The van der Waals surface area contributed by atoms with E-state index in [1.165, 1.54) is 17.2 Å². The summed E-state index contributed by atoms with van der Waals surface area (Å²) in [5, 5.41) is 10.9. The van der Waals surface area contributed by atoms with Crippen molar-refractivity contribution in [3.8, 4) is 11.5 Å². The molecule has 0 amide bonds. The largest absolute Gasteiger partial charge is 0.493 e. The Morgan fingerprint density at radius 2 is 1.89 bits per heavy atom. The van der Waals surface area contributed by atoms with Crippen LogP contribution in [-0.4, -0.2) is 37.1 Å². The van der Waals surface area contributed by atoms with Crippen LogP contribution in [0.5, 0.6) is 11.5 Å². The first kappa shape index (κ1) is 21.0. The molecule has 1 aliphatic heterocycles. The lowest BCUT2D eigenvalue weighted by atomic mass is 9.92. The van der Waals surface area contributed by atoms with Crippen molar-refractivity contribution in [2.24, 2.45) is 0 Å². The summed E-state index contributed by atoms with van der Waals surface area (Å²) in [7, 11) is 3.31. The predicted molar refractivity (Wildman–Crippen MR) is 107 cm³/mol. The summed E-state index contributed by atoms with van der Waals surface area (Å²) in [5.74, 6) is 1.52. The summed E-state index contributed by atoms with van der Waals surface area (Å²) in [6, 6.07) is 11.3. The van der Waals surface area contributed by atoms with Crippen molar-refractivity contribution in [3.05, 3.63) is 63.2 Å². The lowest BCUT2D eigenvalue weighted by molar-refractivity contribution is -0.384. The van der Waals surface area contributed by atoms with E-state index < -0.39 is 0 Å². The quantitative estimate of drug-likeness (QED) is 0.544.